The fraction of sp³-hybridized carbons (Fsp3) is 0.500. The van der Waals surface area contributed by atoms with Crippen LogP contribution >= 0.6 is 0 Å². The van der Waals surface area contributed by atoms with Crippen LogP contribution in [0.5, 0.6) is 0 Å². The Morgan fingerprint density at radius 2 is 2.07 bits per heavy atom. The summed E-state index contributed by atoms with van der Waals surface area (Å²) in [5.74, 6) is -0.103. The van der Waals surface area contributed by atoms with E-state index in [9.17, 15) is 4.21 Å². The van der Waals surface area contributed by atoms with Crippen LogP contribution in [-0.4, -0.2) is 76.8 Å². The minimum atomic E-state index is -1.05. The molecule has 2 aromatic rings. The number of rotatable bonds is 6. The molecule has 3 unspecified atom stereocenters. The second-order valence-corrected chi connectivity index (χ2v) is 8.60. The summed E-state index contributed by atoms with van der Waals surface area (Å²) in [5, 5.41) is 3.04. The van der Waals surface area contributed by atoms with E-state index in [1.54, 1.807) is 6.26 Å². The van der Waals surface area contributed by atoms with Crippen molar-refractivity contribution in [2.75, 3.05) is 62.5 Å². The maximum absolute atomic E-state index is 15.3. The third-order valence-corrected chi connectivity index (χ3v) is 6.38. The summed E-state index contributed by atoms with van der Waals surface area (Å²) in [5.41, 5.74) is 1.05. The fourth-order valence-electron chi connectivity index (χ4n) is 3.75. The van der Waals surface area contributed by atoms with Gasteiger partial charge in [-0.25, -0.2) is 18.5 Å². The smallest absolute Gasteiger partial charge is 0.207 e. The number of aromatic nitrogens is 2. The Hall–Kier alpha value is -2.14. The first kappa shape index (κ1) is 21.1. The van der Waals surface area contributed by atoms with Gasteiger partial charge in [-0.2, -0.15) is 4.39 Å². The average Bonchev–Trinajstić information content (AvgIpc) is 2.79. The minimum absolute atomic E-state index is 0.119. The van der Waals surface area contributed by atoms with E-state index >= 15 is 4.39 Å². The molecule has 3 atom stereocenters. The summed E-state index contributed by atoms with van der Waals surface area (Å²) in [4.78, 5) is 10.2. The normalized spacial score (nSPS) is 23.9. The quantitative estimate of drug-likeness (QED) is 0.738. The van der Waals surface area contributed by atoms with E-state index in [0.29, 0.717) is 46.0 Å². The van der Waals surface area contributed by atoms with Crippen LogP contribution in [-0.2, 0) is 20.5 Å². The Labute approximate surface area is 178 Å². The van der Waals surface area contributed by atoms with E-state index in [4.69, 9.17) is 9.47 Å². The van der Waals surface area contributed by atoms with E-state index in [0.717, 1.165) is 5.56 Å². The molecule has 10 heteroatoms. The van der Waals surface area contributed by atoms with E-state index in [1.807, 2.05) is 39.5 Å². The number of ether oxygens (including phenoxy) is 2. The highest BCUT2D eigenvalue weighted by atomic mass is 32.2. The zero-order chi connectivity index (χ0) is 20.9. The number of halogens is 1. The van der Waals surface area contributed by atoms with Gasteiger partial charge in [0.15, 0.2) is 11.6 Å². The fourth-order valence-corrected chi connectivity index (χ4v) is 4.46. The molecule has 4 rings (SSSR count). The molecule has 0 bridgehead atoms. The zero-order valence-electron chi connectivity index (χ0n) is 16.9. The first-order valence-electron chi connectivity index (χ1n) is 9.97. The Balaban J connectivity index is 1.49. The van der Waals surface area contributed by atoms with Gasteiger partial charge in [-0.3, -0.25) is 0 Å². The van der Waals surface area contributed by atoms with Crippen LogP contribution < -0.4 is 10.2 Å². The van der Waals surface area contributed by atoms with Crippen molar-refractivity contribution in [1.82, 2.24) is 14.3 Å². The lowest BCUT2D eigenvalue weighted by atomic mass is 10.0. The molecular weight excluding hydrogens is 409 g/mol. The van der Waals surface area contributed by atoms with Crippen LogP contribution in [0, 0.1) is 5.82 Å². The molecule has 2 saturated heterocycles. The molecular formula is C20H26FN5O3S. The van der Waals surface area contributed by atoms with Crippen LogP contribution in [0.25, 0.3) is 0 Å². The van der Waals surface area contributed by atoms with Crippen LogP contribution in [0.3, 0.4) is 0 Å². The average molecular weight is 436 g/mol. The third kappa shape index (κ3) is 4.77. The predicted molar refractivity (Wildman–Crippen MR) is 113 cm³/mol. The SMILES string of the molecule is CS(=O)N1CCOC(CNc2ncnc(N3CCOCC3c3ccccc3)c2F)C1. The van der Waals surface area contributed by atoms with Crippen LogP contribution in [0.1, 0.15) is 11.6 Å². The van der Waals surface area contributed by atoms with Gasteiger partial charge in [0.05, 0.1) is 43.0 Å². The summed E-state index contributed by atoms with van der Waals surface area (Å²) in [7, 11) is -1.05. The summed E-state index contributed by atoms with van der Waals surface area (Å²) < 4.78 is 40.2. The van der Waals surface area contributed by atoms with Crippen LogP contribution in [0.4, 0.5) is 16.0 Å². The van der Waals surface area contributed by atoms with Crippen molar-refractivity contribution < 1.29 is 18.1 Å². The van der Waals surface area contributed by atoms with Crippen LogP contribution in [0.15, 0.2) is 36.7 Å². The van der Waals surface area contributed by atoms with E-state index < -0.39 is 16.8 Å². The van der Waals surface area contributed by atoms with Crippen molar-refractivity contribution in [3.8, 4) is 0 Å². The van der Waals surface area contributed by atoms with E-state index in [-0.39, 0.29) is 23.8 Å². The van der Waals surface area contributed by atoms with Crippen LogP contribution in [0.2, 0.25) is 0 Å². The van der Waals surface area contributed by atoms with Gasteiger partial charge in [0.1, 0.15) is 6.33 Å². The number of morpholine rings is 2. The molecule has 1 aromatic carbocycles. The summed E-state index contributed by atoms with van der Waals surface area (Å²) in [6.45, 7) is 3.53. The second kappa shape index (κ2) is 9.78. The first-order chi connectivity index (χ1) is 14.6. The topological polar surface area (TPSA) is 79.8 Å². The lowest BCUT2D eigenvalue weighted by Crippen LogP contribution is -2.45. The van der Waals surface area contributed by atoms with Crippen molar-refractivity contribution in [1.29, 1.82) is 0 Å². The molecule has 1 aromatic heterocycles. The minimum Gasteiger partial charge on any atom is -0.377 e. The van der Waals surface area contributed by atoms with Gasteiger partial charge in [0, 0.05) is 32.4 Å². The van der Waals surface area contributed by atoms with Gasteiger partial charge in [-0.1, -0.05) is 30.3 Å². The molecule has 0 radical (unpaired) electrons. The van der Waals surface area contributed by atoms with Crippen molar-refractivity contribution in [3.63, 3.8) is 0 Å². The number of nitrogens with one attached hydrogen (secondary N) is 1. The second-order valence-electron chi connectivity index (χ2n) is 7.24. The van der Waals surface area contributed by atoms with E-state index in [1.165, 1.54) is 6.33 Å². The maximum atomic E-state index is 15.3. The molecule has 3 heterocycles. The zero-order valence-corrected chi connectivity index (χ0v) is 17.7. The van der Waals surface area contributed by atoms with Gasteiger partial charge in [-0.05, 0) is 5.56 Å². The van der Waals surface area contributed by atoms with E-state index in [2.05, 4.69) is 15.3 Å². The Kier molecular flexibility index (Phi) is 6.88. The van der Waals surface area contributed by atoms with Gasteiger partial charge >= 0.3 is 0 Å². The summed E-state index contributed by atoms with van der Waals surface area (Å²) >= 11 is 0. The number of hydrogen-bond donors (Lipinski definition) is 1. The number of hydrogen-bond acceptors (Lipinski definition) is 7. The molecule has 162 valence electrons. The number of benzene rings is 1. The van der Waals surface area contributed by atoms with Gasteiger partial charge in [0.2, 0.25) is 5.82 Å². The van der Waals surface area contributed by atoms with Gasteiger partial charge in [-0.15, -0.1) is 0 Å². The molecule has 0 spiro atoms. The Bertz CT molecular complexity index is 875. The standard InChI is InChI=1S/C20H26FN5O3S/c1-30(27)25-7-10-29-16(12-25)11-22-19-18(21)20(24-14-23-19)26-8-9-28-13-17(26)15-5-3-2-4-6-15/h2-6,14,16-17H,7-13H2,1H3,(H,22,23,24). The van der Waals surface area contributed by atoms with Crippen molar-refractivity contribution >= 4 is 22.6 Å². The molecule has 2 aliphatic rings. The van der Waals surface area contributed by atoms with Gasteiger partial charge < -0.3 is 19.7 Å². The van der Waals surface area contributed by atoms with Gasteiger partial charge in [0.25, 0.3) is 0 Å². The largest absolute Gasteiger partial charge is 0.377 e. The van der Waals surface area contributed by atoms with Crippen molar-refractivity contribution in [2.24, 2.45) is 0 Å². The Morgan fingerprint density at radius 3 is 2.87 bits per heavy atom. The molecule has 8 nitrogen and oxygen atoms in total. The molecule has 0 saturated carbocycles. The molecule has 0 amide bonds. The monoisotopic (exact) mass is 435 g/mol. The number of anilines is 2. The van der Waals surface area contributed by atoms with Crippen molar-refractivity contribution in [2.45, 2.75) is 12.1 Å². The molecule has 2 aliphatic heterocycles. The Morgan fingerprint density at radius 1 is 1.23 bits per heavy atom. The molecule has 30 heavy (non-hydrogen) atoms. The lowest BCUT2D eigenvalue weighted by Gasteiger charge is -2.37. The number of nitrogens with zero attached hydrogens (tertiary/aromatic N) is 4. The highest BCUT2D eigenvalue weighted by molar-refractivity contribution is 7.81. The highest BCUT2D eigenvalue weighted by Gasteiger charge is 2.29. The third-order valence-electron chi connectivity index (χ3n) is 5.32. The van der Waals surface area contributed by atoms with Crippen molar-refractivity contribution in [3.05, 3.63) is 48.0 Å². The predicted octanol–water partition coefficient (Wildman–Crippen LogP) is 1.60. The summed E-state index contributed by atoms with van der Waals surface area (Å²) in [6, 6.07) is 9.77. The lowest BCUT2D eigenvalue weighted by molar-refractivity contribution is 0.00849. The molecule has 2 fully saturated rings. The molecule has 1 N–H and O–H groups in total. The maximum Gasteiger partial charge on any atom is 0.207 e. The highest BCUT2D eigenvalue weighted by Crippen LogP contribution is 2.31. The first-order valence-corrected chi connectivity index (χ1v) is 11.5. The summed E-state index contributed by atoms with van der Waals surface area (Å²) in [6.07, 6.45) is 2.83. The molecule has 0 aliphatic carbocycles.